The van der Waals surface area contributed by atoms with Crippen LogP contribution in [0.2, 0.25) is 0 Å². The van der Waals surface area contributed by atoms with Crippen molar-refractivity contribution < 1.29 is 18.7 Å². The van der Waals surface area contributed by atoms with E-state index in [9.17, 15) is 13.6 Å². The summed E-state index contributed by atoms with van der Waals surface area (Å²) in [5.41, 5.74) is 1.24. The third-order valence-corrected chi connectivity index (χ3v) is 3.19. The molecule has 21 heavy (non-hydrogen) atoms. The summed E-state index contributed by atoms with van der Waals surface area (Å²) in [6.07, 6.45) is 0.824. The highest BCUT2D eigenvalue weighted by Gasteiger charge is 2.12. The first kappa shape index (κ1) is 14.9. The number of halogens is 2. The van der Waals surface area contributed by atoms with Crippen molar-refractivity contribution in [3.63, 3.8) is 0 Å². The summed E-state index contributed by atoms with van der Waals surface area (Å²) >= 11 is 0. The van der Waals surface area contributed by atoms with Crippen LogP contribution in [0, 0.1) is 0 Å². The first-order valence-corrected chi connectivity index (χ1v) is 6.51. The average Bonchev–Trinajstić information content (AvgIpc) is 2.53. The van der Waals surface area contributed by atoms with Crippen molar-refractivity contribution in [2.45, 2.75) is 13.3 Å². The molecule has 0 aliphatic rings. The molecular weight excluding hydrogens is 274 g/mol. The largest absolute Gasteiger partial charge is 0.478 e. The summed E-state index contributed by atoms with van der Waals surface area (Å²) in [7, 11) is 0. The van der Waals surface area contributed by atoms with Gasteiger partial charge in [0.05, 0.1) is 5.56 Å². The monoisotopic (exact) mass is 288 g/mol. The van der Waals surface area contributed by atoms with Crippen molar-refractivity contribution in [2.24, 2.45) is 0 Å². The Kier molecular flexibility index (Phi) is 4.48. The van der Waals surface area contributed by atoms with E-state index in [4.69, 9.17) is 5.11 Å². The van der Waals surface area contributed by atoms with Gasteiger partial charge in [0.1, 0.15) is 0 Å². The lowest BCUT2D eigenvalue weighted by molar-refractivity contribution is 0.0697. The van der Waals surface area contributed by atoms with Crippen LogP contribution in [0.3, 0.4) is 0 Å². The van der Waals surface area contributed by atoms with Crippen LogP contribution in [-0.4, -0.2) is 11.1 Å². The Labute approximate surface area is 121 Å². The molecule has 2 rings (SSSR count). The maximum Gasteiger partial charge on any atom is 0.335 e. The fourth-order valence-corrected chi connectivity index (χ4v) is 1.90. The van der Waals surface area contributed by atoms with E-state index in [1.165, 1.54) is 36.4 Å². The fraction of sp³-hybridized carbons (Fsp3) is 0.118. The first-order chi connectivity index (χ1) is 10.0. The molecule has 0 unspecified atom stereocenters. The minimum Gasteiger partial charge on any atom is -0.478 e. The number of carboxylic acids is 1. The minimum absolute atomic E-state index is 0.0112. The average molecular weight is 288 g/mol. The Morgan fingerprint density at radius 1 is 0.857 bits per heavy atom. The van der Waals surface area contributed by atoms with Crippen LogP contribution in [0.15, 0.2) is 48.5 Å². The van der Waals surface area contributed by atoms with Crippen LogP contribution >= 0.6 is 0 Å². The Morgan fingerprint density at radius 3 is 1.62 bits per heavy atom. The van der Waals surface area contributed by atoms with Crippen LogP contribution in [0.1, 0.15) is 34.0 Å². The number of hydrogen-bond donors (Lipinski definition) is 1. The van der Waals surface area contributed by atoms with E-state index >= 15 is 0 Å². The van der Waals surface area contributed by atoms with Gasteiger partial charge in [-0.3, -0.25) is 0 Å². The third-order valence-electron chi connectivity index (χ3n) is 3.19. The molecule has 0 amide bonds. The Balaban J connectivity index is 2.34. The van der Waals surface area contributed by atoms with E-state index in [0.717, 1.165) is 12.0 Å². The molecule has 0 aliphatic heterocycles. The molecule has 0 aromatic heterocycles. The lowest BCUT2D eigenvalue weighted by Crippen LogP contribution is -1.95. The van der Waals surface area contributed by atoms with Crippen molar-refractivity contribution in [1.82, 2.24) is 0 Å². The fourth-order valence-electron chi connectivity index (χ4n) is 1.90. The molecule has 108 valence electrons. The predicted molar refractivity (Wildman–Crippen MR) is 78.3 cm³/mol. The number of aromatic carboxylic acids is 1. The molecule has 4 heteroatoms. The molecule has 0 bridgehead atoms. The Bertz CT molecular complexity index is 671. The summed E-state index contributed by atoms with van der Waals surface area (Å²) in [6, 6.07) is 11.5. The maximum atomic E-state index is 14.1. The SMILES string of the molecule is CCc1ccc(C(F)=C(F)c2ccc(C(=O)O)cc2)cc1. The number of rotatable bonds is 4. The molecule has 1 N–H and O–H groups in total. The molecule has 2 nitrogen and oxygen atoms in total. The normalized spacial score (nSPS) is 12.0. The van der Waals surface area contributed by atoms with Gasteiger partial charge in [-0.2, -0.15) is 0 Å². The molecule has 0 aliphatic carbocycles. The highest BCUT2D eigenvalue weighted by Crippen LogP contribution is 2.29. The van der Waals surface area contributed by atoms with Crippen LogP contribution in [0.5, 0.6) is 0 Å². The molecule has 0 atom stereocenters. The van der Waals surface area contributed by atoms with Crippen molar-refractivity contribution in [1.29, 1.82) is 0 Å². The zero-order valence-corrected chi connectivity index (χ0v) is 11.4. The lowest BCUT2D eigenvalue weighted by Gasteiger charge is -2.04. The molecular formula is C17H14F2O2. The van der Waals surface area contributed by atoms with Gasteiger partial charge in [0, 0.05) is 11.1 Å². The number of hydrogen-bond acceptors (Lipinski definition) is 1. The summed E-state index contributed by atoms with van der Waals surface area (Å²) in [5, 5.41) is 8.77. The predicted octanol–water partition coefficient (Wildman–Crippen LogP) is 4.71. The van der Waals surface area contributed by atoms with Crippen molar-refractivity contribution in [3.8, 4) is 0 Å². The maximum absolute atomic E-state index is 14.1. The van der Waals surface area contributed by atoms with E-state index in [0.29, 0.717) is 0 Å². The molecule has 2 aromatic rings. The van der Waals surface area contributed by atoms with Gasteiger partial charge in [-0.1, -0.05) is 43.3 Å². The van der Waals surface area contributed by atoms with E-state index in [1.54, 1.807) is 12.1 Å². The minimum atomic E-state index is -1.11. The van der Waals surface area contributed by atoms with Gasteiger partial charge in [-0.25, -0.2) is 13.6 Å². The zero-order valence-electron chi connectivity index (χ0n) is 11.4. The summed E-state index contributed by atoms with van der Waals surface area (Å²) in [5.74, 6) is -3.07. The summed E-state index contributed by atoms with van der Waals surface area (Å²) in [6.45, 7) is 1.98. The highest BCUT2D eigenvalue weighted by atomic mass is 19.2. The van der Waals surface area contributed by atoms with E-state index < -0.39 is 17.6 Å². The summed E-state index contributed by atoms with van der Waals surface area (Å²) < 4.78 is 28.2. The van der Waals surface area contributed by atoms with Gasteiger partial charge in [0.2, 0.25) is 0 Å². The lowest BCUT2D eigenvalue weighted by atomic mass is 10.1. The van der Waals surface area contributed by atoms with Gasteiger partial charge in [0.15, 0.2) is 11.7 Å². The van der Waals surface area contributed by atoms with E-state index in [-0.39, 0.29) is 16.7 Å². The van der Waals surface area contributed by atoms with Gasteiger partial charge >= 0.3 is 5.97 Å². The number of carboxylic acid groups (broad SMARTS) is 1. The van der Waals surface area contributed by atoms with Crippen molar-refractivity contribution >= 4 is 17.6 Å². The molecule has 0 heterocycles. The summed E-state index contributed by atoms with van der Waals surface area (Å²) in [4.78, 5) is 10.7. The third kappa shape index (κ3) is 3.34. The Hall–Kier alpha value is -2.49. The quantitative estimate of drug-likeness (QED) is 0.827. The van der Waals surface area contributed by atoms with Gasteiger partial charge in [0.25, 0.3) is 0 Å². The molecule has 0 radical (unpaired) electrons. The molecule has 0 fully saturated rings. The van der Waals surface area contributed by atoms with Crippen LogP contribution < -0.4 is 0 Å². The van der Waals surface area contributed by atoms with Gasteiger partial charge in [-0.05, 0) is 24.1 Å². The van der Waals surface area contributed by atoms with Crippen LogP contribution in [-0.2, 0) is 6.42 Å². The van der Waals surface area contributed by atoms with Gasteiger partial charge in [-0.15, -0.1) is 0 Å². The smallest absolute Gasteiger partial charge is 0.335 e. The second-order valence-electron chi connectivity index (χ2n) is 4.56. The van der Waals surface area contributed by atoms with Crippen molar-refractivity contribution in [2.75, 3.05) is 0 Å². The van der Waals surface area contributed by atoms with Gasteiger partial charge < -0.3 is 5.11 Å². The van der Waals surface area contributed by atoms with E-state index in [1.807, 2.05) is 6.92 Å². The molecule has 2 aromatic carbocycles. The Morgan fingerprint density at radius 2 is 1.24 bits per heavy atom. The number of aryl methyl sites for hydroxylation is 1. The molecule has 0 saturated carbocycles. The first-order valence-electron chi connectivity index (χ1n) is 6.51. The standard InChI is InChI=1S/C17H14F2O2/c1-2-11-3-5-12(6-4-11)15(18)16(19)13-7-9-14(10-8-13)17(20)21/h3-10H,2H2,1H3,(H,20,21). The second-order valence-corrected chi connectivity index (χ2v) is 4.56. The zero-order chi connectivity index (χ0) is 15.4. The van der Waals surface area contributed by atoms with Crippen molar-refractivity contribution in [3.05, 3.63) is 70.8 Å². The highest BCUT2D eigenvalue weighted by molar-refractivity contribution is 5.89. The van der Waals surface area contributed by atoms with Crippen LogP contribution in [0.25, 0.3) is 11.7 Å². The second kappa shape index (κ2) is 6.31. The molecule has 0 saturated heterocycles. The number of benzene rings is 2. The van der Waals surface area contributed by atoms with E-state index in [2.05, 4.69) is 0 Å². The number of carbonyl (C=O) groups is 1. The molecule has 0 spiro atoms. The van der Waals surface area contributed by atoms with Crippen LogP contribution in [0.4, 0.5) is 8.78 Å². The topological polar surface area (TPSA) is 37.3 Å².